The normalized spacial score (nSPS) is 18.8. The summed E-state index contributed by atoms with van der Waals surface area (Å²) in [7, 11) is 0. The average molecular weight is 365 g/mol. The predicted molar refractivity (Wildman–Crippen MR) is 96.4 cm³/mol. The second-order valence-corrected chi connectivity index (χ2v) is 7.10. The van der Waals surface area contributed by atoms with Gasteiger partial charge in [0, 0.05) is 12.2 Å². The van der Waals surface area contributed by atoms with Gasteiger partial charge in [0.1, 0.15) is 0 Å². The summed E-state index contributed by atoms with van der Waals surface area (Å²) < 4.78 is 0. The maximum atomic E-state index is 12.5. The smallest absolute Gasteiger partial charge is 0.266 e. The molecule has 130 valence electrons. The third-order valence-corrected chi connectivity index (χ3v) is 5.39. The van der Waals surface area contributed by atoms with Gasteiger partial charge < -0.3 is 9.90 Å². The summed E-state index contributed by atoms with van der Waals surface area (Å²) in [4.78, 5) is 41.1. The monoisotopic (exact) mass is 365 g/mol. The summed E-state index contributed by atoms with van der Waals surface area (Å²) in [5.74, 6) is -1.42. The molecule has 1 atom stereocenters. The zero-order valence-electron chi connectivity index (χ0n) is 13.5. The average Bonchev–Trinajstić information content (AvgIpc) is 3.20. The van der Waals surface area contributed by atoms with E-state index < -0.39 is 12.0 Å². The van der Waals surface area contributed by atoms with Crippen LogP contribution in [-0.4, -0.2) is 34.6 Å². The molecule has 2 aromatic rings. The fourth-order valence-corrected chi connectivity index (χ4v) is 4.03. The molecule has 0 radical (unpaired) electrons. The highest BCUT2D eigenvalue weighted by atomic mass is 32.2. The Kier molecular flexibility index (Phi) is 4.08. The highest BCUT2D eigenvalue weighted by Crippen LogP contribution is 2.29. The number of fused-ring (bicyclic) bond motifs is 1. The summed E-state index contributed by atoms with van der Waals surface area (Å²) in [5.41, 5.74) is 2.25. The number of hydrogen-bond donors (Lipinski definition) is 0. The van der Waals surface area contributed by atoms with Gasteiger partial charge in [0.15, 0.2) is 0 Å². The van der Waals surface area contributed by atoms with E-state index in [-0.39, 0.29) is 11.8 Å². The van der Waals surface area contributed by atoms with Crippen molar-refractivity contribution in [2.45, 2.75) is 12.5 Å². The van der Waals surface area contributed by atoms with Gasteiger partial charge >= 0.3 is 0 Å². The molecule has 0 unspecified atom stereocenters. The second-order valence-electron chi connectivity index (χ2n) is 6.00. The maximum absolute atomic E-state index is 12.5. The number of benzene rings is 2. The summed E-state index contributed by atoms with van der Waals surface area (Å²) in [6, 6.07) is 13.0. The van der Waals surface area contributed by atoms with Gasteiger partial charge in [-0.1, -0.05) is 24.3 Å². The number of carbonyl (C=O) groups is 3. The Balaban J connectivity index is 1.53. The number of amides is 2. The molecule has 2 aliphatic rings. The first-order chi connectivity index (χ1) is 12.5. The van der Waals surface area contributed by atoms with Crippen LogP contribution in [0.4, 0.5) is 5.69 Å². The first kappa shape index (κ1) is 16.5. The molecule has 6 nitrogen and oxygen atoms in total. The SMILES string of the molecule is O=C([O-])[C@H]1CSC(Cc2ccc(N3C(=O)c4ccccc4C3=O)cc2)=N1. The molecule has 7 heteroatoms. The summed E-state index contributed by atoms with van der Waals surface area (Å²) in [5, 5.41) is 11.6. The summed E-state index contributed by atoms with van der Waals surface area (Å²) in [6.45, 7) is 0. The van der Waals surface area contributed by atoms with Crippen LogP contribution in [0.5, 0.6) is 0 Å². The van der Waals surface area contributed by atoms with E-state index in [0.717, 1.165) is 10.6 Å². The zero-order chi connectivity index (χ0) is 18.3. The molecule has 26 heavy (non-hydrogen) atoms. The van der Waals surface area contributed by atoms with E-state index in [1.54, 1.807) is 36.4 Å². The number of thioether (sulfide) groups is 1. The fraction of sp³-hybridized carbons (Fsp3) is 0.158. The predicted octanol–water partition coefficient (Wildman–Crippen LogP) is 1.29. The van der Waals surface area contributed by atoms with Crippen molar-refractivity contribution in [1.29, 1.82) is 0 Å². The number of aliphatic carboxylic acids is 1. The van der Waals surface area contributed by atoms with Crippen LogP contribution in [-0.2, 0) is 11.2 Å². The fourth-order valence-electron chi connectivity index (χ4n) is 3.00. The lowest BCUT2D eigenvalue weighted by atomic mass is 10.1. The summed E-state index contributed by atoms with van der Waals surface area (Å²) >= 11 is 1.41. The molecule has 0 saturated heterocycles. The molecule has 4 rings (SSSR count). The van der Waals surface area contributed by atoms with Crippen molar-refractivity contribution in [3.63, 3.8) is 0 Å². The van der Waals surface area contributed by atoms with Gasteiger partial charge in [0.2, 0.25) is 0 Å². The van der Waals surface area contributed by atoms with Gasteiger partial charge in [-0.15, -0.1) is 11.8 Å². The molecule has 0 fully saturated rings. The van der Waals surface area contributed by atoms with Gasteiger partial charge in [-0.2, -0.15) is 0 Å². The number of carbonyl (C=O) groups excluding carboxylic acids is 3. The molecule has 0 spiro atoms. The number of imide groups is 1. The minimum Gasteiger partial charge on any atom is -0.548 e. The number of anilines is 1. The van der Waals surface area contributed by atoms with E-state index in [1.165, 1.54) is 16.7 Å². The van der Waals surface area contributed by atoms with E-state index in [2.05, 4.69) is 4.99 Å². The lowest BCUT2D eigenvalue weighted by Gasteiger charge is -2.14. The molecule has 2 aromatic carbocycles. The number of aliphatic imine (C=N–C) groups is 1. The number of carboxylic acid groups (broad SMARTS) is 1. The third kappa shape index (κ3) is 2.80. The number of hydrogen-bond acceptors (Lipinski definition) is 6. The second kappa shape index (κ2) is 6.42. The molecule has 0 aliphatic carbocycles. The Hall–Kier alpha value is -2.93. The van der Waals surface area contributed by atoms with Gasteiger partial charge in [-0.3, -0.25) is 14.6 Å². The van der Waals surface area contributed by atoms with Crippen molar-refractivity contribution in [2.75, 3.05) is 10.7 Å². The number of carboxylic acids is 1. The highest BCUT2D eigenvalue weighted by molar-refractivity contribution is 8.14. The molecular formula is C19H13N2O4S-. The Bertz CT molecular complexity index is 917. The highest BCUT2D eigenvalue weighted by Gasteiger charge is 2.36. The number of nitrogens with zero attached hydrogens (tertiary/aromatic N) is 2. The maximum Gasteiger partial charge on any atom is 0.266 e. The minimum absolute atomic E-state index is 0.328. The van der Waals surface area contributed by atoms with Crippen LogP contribution in [0.15, 0.2) is 53.5 Å². The molecule has 0 bridgehead atoms. The van der Waals surface area contributed by atoms with Gasteiger partial charge in [0.25, 0.3) is 11.8 Å². The Morgan fingerprint density at radius 2 is 1.69 bits per heavy atom. The van der Waals surface area contributed by atoms with E-state index in [1.807, 2.05) is 12.1 Å². The largest absolute Gasteiger partial charge is 0.548 e. The Morgan fingerprint density at radius 1 is 1.08 bits per heavy atom. The molecule has 0 N–H and O–H groups in total. The van der Waals surface area contributed by atoms with Gasteiger partial charge in [-0.05, 0) is 29.8 Å². The van der Waals surface area contributed by atoms with Crippen LogP contribution in [0.25, 0.3) is 0 Å². The van der Waals surface area contributed by atoms with E-state index in [9.17, 15) is 19.5 Å². The molecule has 2 heterocycles. The van der Waals surface area contributed by atoms with Crippen LogP contribution in [0, 0.1) is 0 Å². The first-order valence-electron chi connectivity index (χ1n) is 8.01. The van der Waals surface area contributed by atoms with Crippen molar-refractivity contribution < 1.29 is 19.5 Å². The van der Waals surface area contributed by atoms with Crippen molar-refractivity contribution in [2.24, 2.45) is 4.99 Å². The standard InChI is InChI=1S/C19H14N2O4S/c22-17-13-3-1-2-4-14(13)18(23)21(17)12-7-5-11(6-8-12)9-16-20-15(10-26-16)19(24)25/h1-8,15H,9-10H2,(H,24,25)/p-1/t15-/m1/s1. The van der Waals surface area contributed by atoms with Crippen molar-refractivity contribution in [3.05, 3.63) is 65.2 Å². The minimum atomic E-state index is -1.16. The molecule has 2 aliphatic heterocycles. The quantitative estimate of drug-likeness (QED) is 0.762. The third-order valence-electron chi connectivity index (χ3n) is 4.32. The van der Waals surface area contributed by atoms with Crippen LogP contribution in [0.1, 0.15) is 26.3 Å². The lowest BCUT2D eigenvalue weighted by Crippen LogP contribution is -2.34. The Morgan fingerprint density at radius 3 is 2.23 bits per heavy atom. The van der Waals surface area contributed by atoms with Crippen LogP contribution in [0.3, 0.4) is 0 Å². The first-order valence-corrected chi connectivity index (χ1v) is 9.00. The zero-order valence-corrected chi connectivity index (χ0v) is 14.4. The van der Waals surface area contributed by atoms with Crippen molar-refractivity contribution >= 4 is 40.3 Å². The number of rotatable bonds is 4. The summed E-state index contributed by atoms with van der Waals surface area (Å²) in [6.07, 6.45) is 0.511. The van der Waals surface area contributed by atoms with Crippen LogP contribution < -0.4 is 10.0 Å². The topological polar surface area (TPSA) is 89.9 Å². The van der Waals surface area contributed by atoms with Gasteiger partial charge in [0.05, 0.1) is 33.9 Å². The van der Waals surface area contributed by atoms with Crippen LogP contribution in [0.2, 0.25) is 0 Å². The van der Waals surface area contributed by atoms with E-state index in [0.29, 0.717) is 29.0 Å². The van der Waals surface area contributed by atoms with Crippen molar-refractivity contribution in [3.8, 4) is 0 Å². The molecule has 2 amide bonds. The van der Waals surface area contributed by atoms with E-state index in [4.69, 9.17) is 0 Å². The molecular weight excluding hydrogens is 352 g/mol. The van der Waals surface area contributed by atoms with E-state index >= 15 is 0 Å². The van der Waals surface area contributed by atoms with Gasteiger partial charge in [-0.25, -0.2) is 4.90 Å². The van der Waals surface area contributed by atoms with Crippen LogP contribution >= 0.6 is 11.8 Å². The lowest BCUT2D eigenvalue weighted by molar-refractivity contribution is -0.306. The Labute approximate surface area is 153 Å². The van der Waals surface area contributed by atoms with Crippen molar-refractivity contribution in [1.82, 2.24) is 0 Å². The molecule has 0 aromatic heterocycles. The molecule has 0 saturated carbocycles.